The lowest BCUT2D eigenvalue weighted by Gasteiger charge is -2.25. The molecule has 1 aromatic heterocycles. The first kappa shape index (κ1) is 15.6. The Labute approximate surface area is 146 Å². The van der Waals surface area contributed by atoms with Gasteiger partial charge in [0.05, 0.1) is 18.7 Å². The summed E-state index contributed by atoms with van der Waals surface area (Å²) in [5.41, 5.74) is 3.44. The minimum absolute atomic E-state index is 0.00513. The molecule has 2 heterocycles. The molecule has 126 valence electrons. The Balaban J connectivity index is 1.52. The largest absolute Gasteiger partial charge is 0.312 e. The van der Waals surface area contributed by atoms with Crippen molar-refractivity contribution in [1.29, 1.82) is 0 Å². The summed E-state index contributed by atoms with van der Waals surface area (Å²) in [6, 6.07) is 20.0. The fraction of sp³-hybridized carbons (Fsp3) is 0.200. The van der Waals surface area contributed by atoms with Crippen molar-refractivity contribution >= 4 is 11.7 Å². The number of hydrogen-bond donors (Lipinski definition) is 2. The molecule has 4 rings (SSSR count). The second kappa shape index (κ2) is 6.91. The SMILES string of the molecule is O=C(Nc1ccnn1Cc1ccccc1)C1CNCc2ccccc21. The number of fused-ring (bicyclic) bond motifs is 1. The lowest BCUT2D eigenvalue weighted by Crippen LogP contribution is -2.35. The number of nitrogens with zero attached hydrogens (tertiary/aromatic N) is 2. The Bertz CT molecular complexity index is 872. The van der Waals surface area contributed by atoms with E-state index in [-0.39, 0.29) is 11.8 Å². The summed E-state index contributed by atoms with van der Waals surface area (Å²) in [6.07, 6.45) is 1.71. The Kier molecular flexibility index (Phi) is 4.31. The van der Waals surface area contributed by atoms with Gasteiger partial charge in [-0.1, -0.05) is 54.6 Å². The van der Waals surface area contributed by atoms with Crippen molar-refractivity contribution in [2.24, 2.45) is 0 Å². The molecule has 1 unspecified atom stereocenters. The van der Waals surface area contributed by atoms with Gasteiger partial charge in [0.2, 0.25) is 5.91 Å². The molecule has 0 bridgehead atoms. The first-order valence-electron chi connectivity index (χ1n) is 8.46. The van der Waals surface area contributed by atoms with Crippen LogP contribution >= 0.6 is 0 Å². The number of anilines is 1. The summed E-state index contributed by atoms with van der Waals surface area (Å²) in [7, 11) is 0. The molecule has 0 fully saturated rings. The predicted molar refractivity (Wildman–Crippen MR) is 97.3 cm³/mol. The summed E-state index contributed by atoms with van der Waals surface area (Å²) in [6.45, 7) is 2.09. The van der Waals surface area contributed by atoms with Crippen LogP contribution in [0.4, 0.5) is 5.82 Å². The quantitative estimate of drug-likeness (QED) is 0.772. The van der Waals surface area contributed by atoms with Crippen LogP contribution in [0.15, 0.2) is 66.9 Å². The minimum atomic E-state index is -0.190. The third kappa shape index (κ3) is 3.32. The summed E-state index contributed by atoms with van der Waals surface area (Å²) >= 11 is 0. The zero-order valence-electron chi connectivity index (χ0n) is 13.9. The molecule has 1 atom stereocenters. The molecular weight excluding hydrogens is 312 g/mol. The summed E-state index contributed by atoms with van der Waals surface area (Å²) in [4.78, 5) is 12.8. The van der Waals surface area contributed by atoms with Crippen LogP contribution in [-0.4, -0.2) is 22.2 Å². The highest BCUT2D eigenvalue weighted by atomic mass is 16.2. The third-order valence-electron chi connectivity index (χ3n) is 4.55. The van der Waals surface area contributed by atoms with Crippen LogP contribution in [0.1, 0.15) is 22.6 Å². The first-order chi connectivity index (χ1) is 12.3. The molecule has 3 aromatic rings. The van der Waals surface area contributed by atoms with Crippen LogP contribution in [0.25, 0.3) is 0 Å². The summed E-state index contributed by atoms with van der Waals surface area (Å²) in [5, 5.41) is 10.7. The number of carbonyl (C=O) groups excluding carboxylic acids is 1. The monoisotopic (exact) mass is 332 g/mol. The average molecular weight is 332 g/mol. The normalized spacial score (nSPS) is 16.2. The van der Waals surface area contributed by atoms with E-state index in [2.05, 4.69) is 33.9 Å². The molecule has 2 aromatic carbocycles. The van der Waals surface area contributed by atoms with Gasteiger partial charge in [0, 0.05) is 19.2 Å². The number of amides is 1. The van der Waals surface area contributed by atoms with Gasteiger partial charge < -0.3 is 10.6 Å². The number of aromatic nitrogens is 2. The van der Waals surface area contributed by atoms with Crippen LogP contribution < -0.4 is 10.6 Å². The van der Waals surface area contributed by atoms with Gasteiger partial charge in [0.15, 0.2) is 0 Å². The molecule has 5 heteroatoms. The van der Waals surface area contributed by atoms with E-state index < -0.39 is 0 Å². The van der Waals surface area contributed by atoms with Crippen molar-refractivity contribution in [3.63, 3.8) is 0 Å². The van der Waals surface area contributed by atoms with E-state index in [1.165, 1.54) is 5.56 Å². The number of hydrogen-bond acceptors (Lipinski definition) is 3. The molecule has 1 amide bonds. The maximum atomic E-state index is 12.8. The van der Waals surface area contributed by atoms with Crippen molar-refractivity contribution in [3.05, 3.63) is 83.6 Å². The Hall–Kier alpha value is -2.92. The van der Waals surface area contributed by atoms with Crippen molar-refractivity contribution in [2.45, 2.75) is 19.0 Å². The fourth-order valence-corrected chi connectivity index (χ4v) is 3.26. The van der Waals surface area contributed by atoms with Crippen molar-refractivity contribution in [2.75, 3.05) is 11.9 Å². The smallest absolute Gasteiger partial charge is 0.234 e. The summed E-state index contributed by atoms with van der Waals surface area (Å²) < 4.78 is 1.81. The van der Waals surface area contributed by atoms with Gasteiger partial charge in [0.1, 0.15) is 5.82 Å². The molecule has 0 saturated carbocycles. The average Bonchev–Trinajstić information content (AvgIpc) is 3.08. The molecule has 1 aliphatic rings. The number of benzene rings is 2. The van der Waals surface area contributed by atoms with Gasteiger partial charge in [-0.3, -0.25) is 4.79 Å². The lowest BCUT2D eigenvalue weighted by molar-refractivity contribution is -0.117. The van der Waals surface area contributed by atoms with Gasteiger partial charge in [-0.2, -0.15) is 5.10 Å². The minimum Gasteiger partial charge on any atom is -0.312 e. The molecule has 0 spiro atoms. The van der Waals surface area contributed by atoms with Gasteiger partial charge in [-0.05, 0) is 16.7 Å². The molecule has 5 nitrogen and oxygen atoms in total. The first-order valence-corrected chi connectivity index (χ1v) is 8.46. The topological polar surface area (TPSA) is 59.0 Å². The third-order valence-corrected chi connectivity index (χ3v) is 4.55. The Morgan fingerprint density at radius 3 is 2.80 bits per heavy atom. The molecular formula is C20H20N4O. The highest BCUT2D eigenvalue weighted by Crippen LogP contribution is 2.25. The number of nitrogens with one attached hydrogen (secondary N) is 2. The highest BCUT2D eigenvalue weighted by Gasteiger charge is 2.26. The van der Waals surface area contributed by atoms with Crippen LogP contribution in [0, 0.1) is 0 Å². The number of rotatable bonds is 4. The van der Waals surface area contributed by atoms with Crippen molar-refractivity contribution in [3.8, 4) is 0 Å². The molecule has 25 heavy (non-hydrogen) atoms. The highest BCUT2D eigenvalue weighted by molar-refractivity contribution is 5.95. The van der Waals surface area contributed by atoms with Gasteiger partial charge in [0.25, 0.3) is 0 Å². The molecule has 1 aliphatic heterocycles. The van der Waals surface area contributed by atoms with Crippen LogP contribution in [-0.2, 0) is 17.9 Å². The Morgan fingerprint density at radius 2 is 1.92 bits per heavy atom. The zero-order chi connectivity index (χ0) is 17.1. The van der Waals surface area contributed by atoms with Gasteiger partial charge in [-0.15, -0.1) is 0 Å². The Morgan fingerprint density at radius 1 is 1.12 bits per heavy atom. The van der Waals surface area contributed by atoms with E-state index in [9.17, 15) is 4.79 Å². The molecule has 0 saturated heterocycles. The maximum absolute atomic E-state index is 12.8. The standard InChI is InChI=1S/C20H20N4O/c25-20(18-13-21-12-16-8-4-5-9-17(16)18)23-19-10-11-22-24(19)14-15-6-2-1-3-7-15/h1-11,18,21H,12-14H2,(H,23,25). The van der Waals surface area contributed by atoms with Gasteiger partial charge in [-0.25, -0.2) is 4.68 Å². The van der Waals surface area contributed by atoms with E-state index in [1.807, 2.05) is 47.1 Å². The van der Waals surface area contributed by atoms with E-state index in [0.717, 1.165) is 23.5 Å². The lowest BCUT2D eigenvalue weighted by atomic mass is 9.90. The molecule has 0 radical (unpaired) electrons. The van der Waals surface area contributed by atoms with E-state index in [1.54, 1.807) is 6.20 Å². The van der Waals surface area contributed by atoms with Crippen LogP contribution in [0.5, 0.6) is 0 Å². The van der Waals surface area contributed by atoms with Crippen molar-refractivity contribution in [1.82, 2.24) is 15.1 Å². The van der Waals surface area contributed by atoms with E-state index in [0.29, 0.717) is 13.1 Å². The van der Waals surface area contributed by atoms with Crippen molar-refractivity contribution < 1.29 is 4.79 Å². The molecule has 0 aliphatic carbocycles. The van der Waals surface area contributed by atoms with E-state index in [4.69, 9.17) is 0 Å². The molecule has 2 N–H and O–H groups in total. The fourth-order valence-electron chi connectivity index (χ4n) is 3.26. The number of carbonyl (C=O) groups is 1. The maximum Gasteiger partial charge on any atom is 0.234 e. The van der Waals surface area contributed by atoms with Gasteiger partial charge >= 0.3 is 0 Å². The van der Waals surface area contributed by atoms with Crippen LogP contribution in [0.3, 0.4) is 0 Å². The second-order valence-corrected chi connectivity index (χ2v) is 6.23. The second-order valence-electron chi connectivity index (χ2n) is 6.23. The summed E-state index contributed by atoms with van der Waals surface area (Å²) in [5.74, 6) is 0.524. The predicted octanol–water partition coefficient (Wildman–Crippen LogP) is 2.76. The van der Waals surface area contributed by atoms with Crippen LogP contribution in [0.2, 0.25) is 0 Å². The van der Waals surface area contributed by atoms with E-state index >= 15 is 0 Å². The zero-order valence-corrected chi connectivity index (χ0v) is 13.9.